The first-order valence-corrected chi connectivity index (χ1v) is 4.65. The normalized spacial score (nSPS) is 12.2. The van der Waals surface area contributed by atoms with E-state index in [0.29, 0.717) is 11.3 Å². The Morgan fingerprint density at radius 3 is 2.73 bits per heavy atom. The summed E-state index contributed by atoms with van der Waals surface area (Å²) in [5.41, 5.74) is 0.789. The number of aromatic amines is 1. The Labute approximate surface area is 87.5 Å². The van der Waals surface area contributed by atoms with E-state index in [4.69, 9.17) is 5.11 Å². The molecule has 0 fully saturated rings. The Morgan fingerprint density at radius 1 is 1.60 bits per heavy atom. The van der Waals surface area contributed by atoms with Crippen LogP contribution in [0.15, 0.2) is 12.3 Å². The van der Waals surface area contributed by atoms with Gasteiger partial charge in [0, 0.05) is 17.8 Å². The fraction of sp³-hybridized carbons (Fsp3) is 0.400. The first-order chi connectivity index (χ1) is 7.04. The molecule has 82 valence electrons. The number of hydrogen-bond acceptors (Lipinski definition) is 3. The van der Waals surface area contributed by atoms with Gasteiger partial charge in [0.15, 0.2) is 5.78 Å². The third-order valence-electron chi connectivity index (χ3n) is 1.99. The van der Waals surface area contributed by atoms with Gasteiger partial charge >= 0.3 is 0 Å². The average molecular weight is 210 g/mol. The van der Waals surface area contributed by atoms with Crippen LogP contribution in [0.4, 0.5) is 0 Å². The molecule has 0 aliphatic rings. The number of nitrogens with one attached hydrogen (secondary N) is 2. The predicted molar refractivity (Wildman–Crippen MR) is 54.8 cm³/mol. The van der Waals surface area contributed by atoms with Crippen LogP contribution in [0.25, 0.3) is 0 Å². The van der Waals surface area contributed by atoms with E-state index in [9.17, 15) is 9.59 Å². The summed E-state index contributed by atoms with van der Waals surface area (Å²) in [5.74, 6) is -0.426. The number of ketones is 1. The molecule has 1 aromatic heterocycles. The monoisotopic (exact) mass is 210 g/mol. The van der Waals surface area contributed by atoms with Gasteiger partial charge in [-0.15, -0.1) is 0 Å². The molecule has 0 aromatic carbocycles. The van der Waals surface area contributed by atoms with Crippen LogP contribution >= 0.6 is 0 Å². The van der Waals surface area contributed by atoms with Crippen molar-refractivity contribution in [3.63, 3.8) is 0 Å². The maximum atomic E-state index is 11.5. The Balaban J connectivity index is 2.70. The summed E-state index contributed by atoms with van der Waals surface area (Å²) in [6.07, 6.45) is 1.49. The summed E-state index contributed by atoms with van der Waals surface area (Å²) in [6.45, 7) is 3.00. The molecule has 1 rings (SSSR count). The second kappa shape index (κ2) is 4.75. The maximum absolute atomic E-state index is 11.5. The number of rotatable bonds is 4. The maximum Gasteiger partial charge on any atom is 0.268 e. The van der Waals surface area contributed by atoms with Crippen molar-refractivity contribution in [2.45, 2.75) is 19.9 Å². The van der Waals surface area contributed by atoms with Crippen LogP contribution in [0, 0.1) is 0 Å². The van der Waals surface area contributed by atoms with E-state index in [1.54, 1.807) is 6.92 Å². The van der Waals surface area contributed by atoms with E-state index in [-0.39, 0.29) is 24.3 Å². The van der Waals surface area contributed by atoms with E-state index in [1.165, 1.54) is 19.2 Å². The summed E-state index contributed by atoms with van der Waals surface area (Å²) in [7, 11) is 0. The Bertz CT molecular complexity index is 370. The van der Waals surface area contributed by atoms with Gasteiger partial charge in [0.2, 0.25) is 0 Å². The minimum Gasteiger partial charge on any atom is -0.394 e. The number of carbonyl (C=O) groups excluding carboxylic acids is 2. The van der Waals surface area contributed by atoms with Crippen molar-refractivity contribution in [3.05, 3.63) is 23.5 Å². The van der Waals surface area contributed by atoms with Crippen LogP contribution in [-0.2, 0) is 0 Å². The van der Waals surface area contributed by atoms with Crippen LogP contribution in [0.3, 0.4) is 0 Å². The summed E-state index contributed by atoms with van der Waals surface area (Å²) >= 11 is 0. The number of carbonyl (C=O) groups is 2. The van der Waals surface area contributed by atoms with E-state index >= 15 is 0 Å². The fourth-order valence-electron chi connectivity index (χ4n) is 1.08. The Hall–Kier alpha value is -1.62. The molecule has 0 spiro atoms. The van der Waals surface area contributed by atoms with Crippen LogP contribution in [0.1, 0.15) is 34.7 Å². The number of aliphatic hydroxyl groups excluding tert-OH is 1. The van der Waals surface area contributed by atoms with Crippen molar-refractivity contribution in [2.24, 2.45) is 0 Å². The van der Waals surface area contributed by atoms with Crippen LogP contribution < -0.4 is 5.32 Å². The summed E-state index contributed by atoms with van der Waals surface area (Å²) in [5, 5.41) is 11.3. The topological polar surface area (TPSA) is 82.2 Å². The lowest BCUT2D eigenvalue weighted by Crippen LogP contribution is -2.35. The minimum atomic E-state index is -0.330. The first kappa shape index (κ1) is 11.5. The van der Waals surface area contributed by atoms with Crippen molar-refractivity contribution in [1.82, 2.24) is 10.3 Å². The summed E-state index contributed by atoms with van der Waals surface area (Å²) in [6, 6.07) is 1.18. The molecule has 0 aliphatic carbocycles. The molecule has 0 bridgehead atoms. The predicted octanol–water partition coefficient (Wildman–Crippen LogP) is 0.328. The van der Waals surface area contributed by atoms with Crippen LogP contribution in [-0.4, -0.2) is 34.4 Å². The molecule has 5 heteroatoms. The second-order valence-electron chi connectivity index (χ2n) is 3.42. The number of aromatic nitrogens is 1. The van der Waals surface area contributed by atoms with Gasteiger partial charge in [0.05, 0.1) is 6.61 Å². The quantitative estimate of drug-likeness (QED) is 0.626. The van der Waals surface area contributed by atoms with E-state index in [0.717, 1.165) is 0 Å². The highest BCUT2D eigenvalue weighted by Crippen LogP contribution is 2.04. The van der Waals surface area contributed by atoms with E-state index in [2.05, 4.69) is 10.3 Å². The van der Waals surface area contributed by atoms with Crippen molar-refractivity contribution in [3.8, 4) is 0 Å². The zero-order chi connectivity index (χ0) is 11.4. The van der Waals surface area contributed by atoms with E-state index < -0.39 is 0 Å². The molecule has 1 amide bonds. The lowest BCUT2D eigenvalue weighted by molar-refractivity contribution is 0.0917. The number of H-pyrrole nitrogens is 1. The fourth-order valence-corrected chi connectivity index (χ4v) is 1.08. The molecule has 1 unspecified atom stereocenters. The second-order valence-corrected chi connectivity index (χ2v) is 3.42. The summed E-state index contributed by atoms with van der Waals surface area (Å²) < 4.78 is 0. The lowest BCUT2D eigenvalue weighted by atomic mass is 10.2. The lowest BCUT2D eigenvalue weighted by Gasteiger charge is -2.08. The Morgan fingerprint density at radius 2 is 2.27 bits per heavy atom. The average Bonchev–Trinajstić information content (AvgIpc) is 2.66. The number of amides is 1. The molecule has 1 atom stereocenters. The van der Waals surface area contributed by atoms with Crippen molar-refractivity contribution >= 4 is 11.7 Å². The molecule has 0 aliphatic heterocycles. The Kier molecular flexibility index (Phi) is 3.62. The van der Waals surface area contributed by atoms with Crippen molar-refractivity contribution < 1.29 is 14.7 Å². The standard InChI is InChI=1S/C10H14N2O3/c1-6(5-13)12-10(15)9-3-8(4-11-9)7(2)14/h3-4,6,11,13H,5H2,1-2H3,(H,12,15). The smallest absolute Gasteiger partial charge is 0.268 e. The zero-order valence-corrected chi connectivity index (χ0v) is 8.70. The molecule has 0 saturated carbocycles. The highest BCUT2D eigenvalue weighted by molar-refractivity contribution is 5.99. The minimum absolute atomic E-state index is 0.0968. The van der Waals surface area contributed by atoms with Crippen LogP contribution in [0.5, 0.6) is 0 Å². The number of Topliss-reactive ketones (excluding diaryl/α,β-unsaturated/α-hetero) is 1. The SMILES string of the molecule is CC(=O)c1c[nH]c(C(=O)NC(C)CO)c1. The zero-order valence-electron chi connectivity index (χ0n) is 8.70. The molecule has 1 heterocycles. The van der Waals surface area contributed by atoms with Crippen molar-refractivity contribution in [2.75, 3.05) is 6.61 Å². The molecule has 15 heavy (non-hydrogen) atoms. The van der Waals surface area contributed by atoms with Gasteiger partial charge in [-0.1, -0.05) is 0 Å². The largest absolute Gasteiger partial charge is 0.394 e. The van der Waals surface area contributed by atoms with Crippen molar-refractivity contribution in [1.29, 1.82) is 0 Å². The molecule has 5 nitrogen and oxygen atoms in total. The molecule has 3 N–H and O–H groups in total. The molecule has 1 aromatic rings. The molecular formula is C10H14N2O3. The van der Waals surface area contributed by atoms with Gasteiger partial charge in [-0.3, -0.25) is 9.59 Å². The highest BCUT2D eigenvalue weighted by atomic mass is 16.3. The van der Waals surface area contributed by atoms with Gasteiger partial charge < -0.3 is 15.4 Å². The first-order valence-electron chi connectivity index (χ1n) is 4.65. The van der Waals surface area contributed by atoms with Gasteiger partial charge in [-0.25, -0.2) is 0 Å². The highest BCUT2D eigenvalue weighted by Gasteiger charge is 2.12. The van der Waals surface area contributed by atoms with Gasteiger partial charge in [-0.2, -0.15) is 0 Å². The third kappa shape index (κ3) is 2.92. The van der Waals surface area contributed by atoms with E-state index in [1.807, 2.05) is 0 Å². The van der Waals surface area contributed by atoms with Gasteiger partial charge in [-0.05, 0) is 19.9 Å². The van der Waals surface area contributed by atoms with Gasteiger partial charge in [0.1, 0.15) is 5.69 Å². The molecule has 0 radical (unpaired) electrons. The summed E-state index contributed by atoms with van der Waals surface area (Å²) in [4.78, 5) is 25.2. The van der Waals surface area contributed by atoms with Crippen LogP contribution in [0.2, 0.25) is 0 Å². The van der Waals surface area contributed by atoms with Gasteiger partial charge in [0.25, 0.3) is 5.91 Å². The third-order valence-corrected chi connectivity index (χ3v) is 1.99. The molecule has 0 saturated heterocycles. The molecular weight excluding hydrogens is 196 g/mol. The number of aliphatic hydroxyl groups is 1. The number of hydrogen-bond donors (Lipinski definition) is 3.